The van der Waals surface area contributed by atoms with Crippen LogP contribution >= 0.6 is 23.2 Å². The molecule has 24 heavy (non-hydrogen) atoms. The van der Waals surface area contributed by atoms with Crippen LogP contribution in [0.25, 0.3) is 22.2 Å². The molecule has 0 N–H and O–H groups in total. The van der Waals surface area contributed by atoms with Gasteiger partial charge in [-0.05, 0) is 24.6 Å². The van der Waals surface area contributed by atoms with E-state index in [1.807, 2.05) is 10.8 Å². The fourth-order valence-electron chi connectivity index (χ4n) is 2.98. The Balaban J connectivity index is 2.52. The molecule has 1 aromatic carbocycles. The third-order valence-electron chi connectivity index (χ3n) is 4.16. The maximum atomic E-state index is 12.8. The highest BCUT2D eigenvalue weighted by molar-refractivity contribution is 6.36. The molecule has 0 saturated carbocycles. The van der Waals surface area contributed by atoms with Crippen LogP contribution in [0.5, 0.6) is 0 Å². The molecule has 0 fully saturated rings. The lowest BCUT2D eigenvalue weighted by Gasteiger charge is -2.11. The van der Waals surface area contributed by atoms with Crippen molar-refractivity contribution in [2.45, 2.75) is 19.9 Å². The molecular weight excluding hydrogens is 349 g/mol. The molecule has 3 aromatic rings. The number of aryl methyl sites for hydroxylation is 2. The molecule has 0 amide bonds. The first-order valence-corrected chi connectivity index (χ1v) is 8.36. The first-order valence-electron chi connectivity index (χ1n) is 7.61. The highest BCUT2D eigenvalue weighted by Crippen LogP contribution is 2.34. The highest BCUT2D eigenvalue weighted by Gasteiger charge is 2.20. The number of aromatic nitrogens is 3. The van der Waals surface area contributed by atoms with Crippen molar-refractivity contribution < 1.29 is 0 Å². The van der Waals surface area contributed by atoms with Crippen molar-refractivity contribution in [3.8, 4) is 11.3 Å². The molecule has 5 nitrogen and oxygen atoms in total. The van der Waals surface area contributed by atoms with E-state index in [1.54, 1.807) is 25.2 Å². The maximum absolute atomic E-state index is 12.8. The van der Waals surface area contributed by atoms with Gasteiger partial charge in [-0.3, -0.25) is 13.9 Å². The molecule has 0 aliphatic carbocycles. The molecule has 0 unspecified atom stereocenters. The summed E-state index contributed by atoms with van der Waals surface area (Å²) in [5.74, 6) is 0. The van der Waals surface area contributed by atoms with Crippen LogP contribution in [0.1, 0.15) is 13.3 Å². The number of nitrogens with zero attached hydrogens (tertiary/aromatic N) is 3. The van der Waals surface area contributed by atoms with Crippen molar-refractivity contribution in [3.63, 3.8) is 0 Å². The quantitative estimate of drug-likeness (QED) is 0.713. The standard InChI is InChI=1S/C17H17Cl2N3O2/c1-4-7-22-9-13-14(16(23)21(3)17(24)20(13)2)15(22)11-6-5-10(18)8-12(11)19/h5-6,8-9H,4,7H2,1-3H3. The Morgan fingerprint density at radius 2 is 1.79 bits per heavy atom. The van der Waals surface area contributed by atoms with Crippen molar-refractivity contribution in [1.29, 1.82) is 0 Å². The maximum Gasteiger partial charge on any atom is 0.330 e. The molecule has 0 radical (unpaired) electrons. The Labute approximate surface area is 148 Å². The summed E-state index contributed by atoms with van der Waals surface area (Å²) >= 11 is 12.4. The van der Waals surface area contributed by atoms with E-state index in [1.165, 1.54) is 11.6 Å². The van der Waals surface area contributed by atoms with Crippen molar-refractivity contribution >= 4 is 34.1 Å². The highest BCUT2D eigenvalue weighted by atomic mass is 35.5. The summed E-state index contributed by atoms with van der Waals surface area (Å²) in [6.45, 7) is 2.76. The lowest BCUT2D eigenvalue weighted by atomic mass is 10.1. The Kier molecular flexibility index (Phi) is 4.32. The van der Waals surface area contributed by atoms with E-state index in [2.05, 4.69) is 6.92 Å². The van der Waals surface area contributed by atoms with Gasteiger partial charge in [0, 0.05) is 37.4 Å². The second-order valence-corrected chi connectivity index (χ2v) is 6.60. The Morgan fingerprint density at radius 1 is 1.08 bits per heavy atom. The van der Waals surface area contributed by atoms with E-state index in [4.69, 9.17) is 23.2 Å². The van der Waals surface area contributed by atoms with Crippen molar-refractivity contribution in [1.82, 2.24) is 13.7 Å². The fraction of sp³-hybridized carbons (Fsp3) is 0.294. The Hall–Kier alpha value is -1.98. The average Bonchev–Trinajstić information content (AvgIpc) is 2.91. The van der Waals surface area contributed by atoms with Gasteiger partial charge >= 0.3 is 5.69 Å². The van der Waals surface area contributed by atoms with Crippen LogP contribution in [0.3, 0.4) is 0 Å². The summed E-state index contributed by atoms with van der Waals surface area (Å²) in [5.41, 5.74) is 1.35. The fourth-order valence-corrected chi connectivity index (χ4v) is 3.48. The zero-order valence-electron chi connectivity index (χ0n) is 13.6. The van der Waals surface area contributed by atoms with Gasteiger partial charge in [0.05, 0.1) is 21.6 Å². The second kappa shape index (κ2) is 6.15. The van der Waals surface area contributed by atoms with Gasteiger partial charge in [0.2, 0.25) is 0 Å². The SMILES string of the molecule is CCCn1cc2c(c1-c1ccc(Cl)cc1Cl)c(=O)n(C)c(=O)n2C. The summed E-state index contributed by atoms with van der Waals surface area (Å²) in [6.07, 6.45) is 2.72. The molecular formula is C17H17Cl2N3O2. The molecule has 0 atom stereocenters. The number of rotatable bonds is 3. The Bertz CT molecular complexity index is 1060. The lowest BCUT2D eigenvalue weighted by molar-refractivity contribution is 0.689. The number of hydrogen-bond donors (Lipinski definition) is 0. The number of benzene rings is 1. The van der Waals surface area contributed by atoms with Crippen LogP contribution in [0.2, 0.25) is 10.0 Å². The monoisotopic (exact) mass is 365 g/mol. The van der Waals surface area contributed by atoms with E-state index in [0.717, 1.165) is 16.6 Å². The van der Waals surface area contributed by atoms with Crippen molar-refractivity contribution in [2.75, 3.05) is 0 Å². The third kappa shape index (κ3) is 2.48. The Morgan fingerprint density at radius 3 is 2.42 bits per heavy atom. The summed E-state index contributed by atoms with van der Waals surface area (Å²) < 4.78 is 4.57. The predicted molar refractivity (Wildman–Crippen MR) is 98.2 cm³/mol. The number of fused-ring (bicyclic) bond motifs is 1. The van der Waals surface area contributed by atoms with Crippen LogP contribution in [0, 0.1) is 0 Å². The van der Waals surface area contributed by atoms with E-state index in [0.29, 0.717) is 33.2 Å². The van der Waals surface area contributed by atoms with Crippen LogP contribution in [0.15, 0.2) is 34.0 Å². The van der Waals surface area contributed by atoms with Crippen LogP contribution in [-0.2, 0) is 20.6 Å². The number of hydrogen-bond acceptors (Lipinski definition) is 2. The van der Waals surface area contributed by atoms with Gasteiger partial charge in [-0.1, -0.05) is 30.1 Å². The number of halogens is 2. The molecule has 126 valence electrons. The van der Waals surface area contributed by atoms with Crippen molar-refractivity contribution in [3.05, 3.63) is 55.3 Å². The molecule has 2 heterocycles. The molecule has 2 aromatic heterocycles. The summed E-state index contributed by atoms with van der Waals surface area (Å²) in [4.78, 5) is 25.0. The van der Waals surface area contributed by atoms with E-state index in [9.17, 15) is 9.59 Å². The van der Waals surface area contributed by atoms with E-state index < -0.39 is 0 Å². The average molecular weight is 366 g/mol. The molecule has 0 saturated heterocycles. The van der Waals surface area contributed by atoms with Gasteiger partial charge in [-0.2, -0.15) is 0 Å². The predicted octanol–water partition coefficient (Wildman–Crippen LogP) is 3.42. The van der Waals surface area contributed by atoms with Crippen LogP contribution in [-0.4, -0.2) is 13.7 Å². The topological polar surface area (TPSA) is 48.9 Å². The molecule has 0 bridgehead atoms. The zero-order chi connectivity index (χ0) is 17.6. The molecule has 0 aliphatic heterocycles. The van der Waals surface area contributed by atoms with Gasteiger partial charge in [-0.25, -0.2) is 4.79 Å². The normalized spacial score (nSPS) is 11.4. The van der Waals surface area contributed by atoms with E-state index >= 15 is 0 Å². The summed E-state index contributed by atoms with van der Waals surface area (Å²) in [7, 11) is 3.14. The zero-order valence-corrected chi connectivity index (χ0v) is 15.1. The van der Waals surface area contributed by atoms with E-state index in [-0.39, 0.29) is 11.2 Å². The lowest BCUT2D eigenvalue weighted by Crippen LogP contribution is -2.36. The first kappa shape index (κ1) is 16.9. The van der Waals surface area contributed by atoms with Crippen molar-refractivity contribution in [2.24, 2.45) is 14.1 Å². The molecule has 0 aliphatic rings. The van der Waals surface area contributed by atoms with Gasteiger partial charge in [-0.15, -0.1) is 0 Å². The summed E-state index contributed by atoms with van der Waals surface area (Å²) in [6, 6.07) is 5.19. The molecule has 7 heteroatoms. The molecule has 3 rings (SSSR count). The second-order valence-electron chi connectivity index (χ2n) is 5.76. The minimum Gasteiger partial charge on any atom is -0.345 e. The third-order valence-corrected chi connectivity index (χ3v) is 4.71. The van der Waals surface area contributed by atoms with Crippen LogP contribution in [0.4, 0.5) is 0 Å². The van der Waals surface area contributed by atoms with Gasteiger partial charge in [0.1, 0.15) is 0 Å². The smallest absolute Gasteiger partial charge is 0.330 e. The minimum atomic E-state index is -0.352. The largest absolute Gasteiger partial charge is 0.345 e. The summed E-state index contributed by atoms with van der Waals surface area (Å²) in [5, 5.41) is 1.48. The van der Waals surface area contributed by atoms with Gasteiger partial charge < -0.3 is 4.57 Å². The molecule has 0 spiro atoms. The minimum absolute atomic E-state index is 0.330. The van der Waals surface area contributed by atoms with Gasteiger partial charge in [0.25, 0.3) is 5.56 Å². The first-order chi connectivity index (χ1) is 11.4. The van der Waals surface area contributed by atoms with Gasteiger partial charge in [0.15, 0.2) is 0 Å². The van der Waals surface area contributed by atoms with Crippen LogP contribution < -0.4 is 11.2 Å².